The Balaban J connectivity index is 2.20. The predicted octanol–water partition coefficient (Wildman–Crippen LogP) is 2.43. The fourth-order valence-corrected chi connectivity index (χ4v) is 1.83. The van der Waals surface area contributed by atoms with Gasteiger partial charge in [-0.25, -0.2) is 0 Å². The van der Waals surface area contributed by atoms with E-state index in [-0.39, 0.29) is 5.75 Å². The molecule has 0 saturated carbocycles. The van der Waals surface area contributed by atoms with Crippen LogP contribution in [0, 0.1) is 6.92 Å². The third-order valence-electron chi connectivity index (χ3n) is 2.68. The first-order valence-electron chi connectivity index (χ1n) is 5.36. The van der Waals surface area contributed by atoms with E-state index in [2.05, 4.69) is 10.2 Å². The van der Waals surface area contributed by atoms with Crippen LogP contribution in [0.3, 0.4) is 0 Å². The second-order valence-corrected chi connectivity index (χ2v) is 3.95. The van der Waals surface area contributed by atoms with E-state index in [4.69, 9.17) is 0 Å². The summed E-state index contributed by atoms with van der Waals surface area (Å²) in [5.74, 6) is 0.253. The van der Waals surface area contributed by atoms with Crippen LogP contribution in [-0.4, -0.2) is 20.1 Å². The van der Waals surface area contributed by atoms with Crippen LogP contribution >= 0.6 is 0 Å². The first kappa shape index (κ1) is 9.84. The average molecular weight is 225 g/mol. The van der Waals surface area contributed by atoms with Crippen molar-refractivity contribution in [2.24, 2.45) is 0 Å². The molecule has 4 heteroatoms. The Morgan fingerprint density at radius 2 is 1.65 bits per heavy atom. The Labute approximate surface area is 98.1 Å². The zero-order chi connectivity index (χ0) is 11.8. The first-order chi connectivity index (χ1) is 8.24. The van der Waals surface area contributed by atoms with E-state index in [0.29, 0.717) is 0 Å². The van der Waals surface area contributed by atoms with Gasteiger partial charge in [0.15, 0.2) is 0 Å². The molecule has 0 spiro atoms. The SMILES string of the molecule is Cc1cc(O)ccc1-n1nc2ccccc2n1. The van der Waals surface area contributed by atoms with Crippen LogP contribution < -0.4 is 0 Å². The number of phenolic OH excluding ortho intramolecular Hbond substituents is 1. The highest BCUT2D eigenvalue weighted by atomic mass is 16.3. The van der Waals surface area contributed by atoms with Gasteiger partial charge in [0.25, 0.3) is 0 Å². The predicted molar refractivity (Wildman–Crippen MR) is 65.3 cm³/mol. The number of hydrogen-bond acceptors (Lipinski definition) is 3. The molecule has 0 radical (unpaired) electrons. The second-order valence-electron chi connectivity index (χ2n) is 3.95. The number of phenols is 1. The van der Waals surface area contributed by atoms with Gasteiger partial charge in [-0.1, -0.05) is 12.1 Å². The Bertz CT molecular complexity index is 655. The minimum absolute atomic E-state index is 0.253. The highest BCUT2D eigenvalue weighted by molar-refractivity contribution is 5.73. The van der Waals surface area contributed by atoms with Crippen molar-refractivity contribution in [3.63, 3.8) is 0 Å². The minimum atomic E-state index is 0.253. The van der Waals surface area contributed by atoms with Gasteiger partial charge in [0.05, 0.1) is 5.69 Å². The fourth-order valence-electron chi connectivity index (χ4n) is 1.83. The molecule has 3 rings (SSSR count). The molecule has 0 saturated heterocycles. The molecule has 1 aromatic heterocycles. The molecular weight excluding hydrogens is 214 g/mol. The standard InChI is InChI=1S/C13H11N3O/c1-9-8-10(17)6-7-13(9)16-14-11-4-2-3-5-12(11)15-16/h2-8,17H,1H3. The van der Waals surface area contributed by atoms with E-state index >= 15 is 0 Å². The monoisotopic (exact) mass is 225 g/mol. The van der Waals surface area contributed by atoms with Crippen LogP contribution in [0.15, 0.2) is 42.5 Å². The largest absolute Gasteiger partial charge is 0.508 e. The molecular formula is C13H11N3O. The van der Waals surface area contributed by atoms with Crippen LogP contribution in [0.1, 0.15) is 5.56 Å². The number of rotatable bonds is 1. The van der Waals surface area contributed by atoms with Crippen molar-refractivity contribution >= 4 is 11.0 Å². The van der Waals surface area contributed by atoms with E-state index in [9.17, 15) is 5.11 Å². The lowest BCUT2D eigenvalue weighted by atomic mass is 10.2. The maximum atomic E-state index is 9.37. The van der Waals surface area contributed by atoms with Crippen LogP contribution in [0.5, 0.6) is 5.75 Å². The van der Waals surface area contributed by atoms with Crippen molar-refractivity contribution in [3.05, 3.63) is 48.0 Å². The summed E-state index contributed by atoms with van der Waals surface area (Å²) in [7, 11) is 0. The zero-order valence-corrected chi connectivity index (χ0v) is 9.33. The molecule has 0 aliphatic rings. The summed E-state index contributed by atoms with van der Waals surface area (Å²) in [6, 6.07) is 12.9. The van der Waals surface area contributed by atoms with Crippen LogP contribution in [-0.2, 0) is 0 Å². The number of nitrogens with zero attached hydrogens (tertiary/aromatic N) is 3. The molecule has 3 aromatic rings. The lowest BCUT2D eigenvalue weighted by molar-refractivity contribution is 0.474. The number of hydrogen-bond donors (Lipinski definition) is 1. The number of benzene rings is 2. The average Bonchev–Trinajstić information content (AvgIpc) is 2.72. The second kappa shape index (κ2) is 3.59. The number of fused-ring (bicyclic) bond motifs is 1. The van der Waals surface area contributed by atoms with Crippen molar-refractivity contribution in [1.82, 2.24) is 15.0 Å². The molecule has 4 nitrogen and oxygen atoms in total. The summed E-state index contributed by atoms with van der Waals surface area (Å²) in [6.07, 6.45) is 0. The summed E-state index contributed by atoms with van der Waals surface area (Å²) in [5, 5.41) is 18.2. The Morgan fingerprint density at radius 1 is 1.00 bits per heavy atom. The van der Waals surface area contributed by atoms with Crippen LogP contribution in [0.2, 0.25) is 0 Å². The van der Waals surface area contributed by atoms with Crippen molar-refractivity contribution in [2.75, 3.05) is 0 Å². The maximum absolute atomic E-state index is 9.37. The van der Waals surface area contributed by atoms with Gasteiger partial charge in [-0.2, -0.15) is 4.80 Å². The van der Waals surface area contributed by atoms with Gasteiger partial charge in [-0.3, -0.25) is 0 Å². The Kier molecular flexibility index (Phi) is 2.08. The van der Waals surface area contributed by atoms with Gasteiger partial charge in [0, 0.05) is 0 Å². The molecule has 0 aliphatic carbocycles. The van der Waals surface area contributed by atoms with Gasteiger partial charge in [-0.15, -0.1) is 10.2 Å². The van der Waals surface area contributed by atoms with Gasteiger partial charge in [0.2, 0.25) is 0 Å². The lowest BCUT2D eigenvalue weighted by Crippen LogP contribution is -2.00. The number of aryl methyl sites for hydroxylation is 1. The van der Waals surface area contributed by atoms with E-state index in [0.717, 1.165) is 22.3 Å². The molecule has 84 valence electrons. The molecule has 0 bridgehead atoms. The first-order valence-corrected chi connectivity index (χ1v) is 5.36. The molecule has 0 unspecified atom stereocenters. The van der Waals surface area contributed by atoms with Crippen molar-refractivity contribution in [2.45, 2.75) is 6.92 Å². The van der Waals surface area contributed by atoms with E-state index in [1.807, 2.05) is 37.3 Å². The highest BCUT2D eigenvalue weighted by Gasteiger charge is 2.06. The molecule has 0 fully saturated rings. The van der Waals surface area contributed by atoms with Crippen LogP contribution in [0.25, 0.3) is 16.7 Å². The summed E-state index contributed by atoms with van der Waals surface area (Å²) < 4.78 is 0. The van der Waals surface area contributed by atoms with Crippen molar-refractivity contribution in [3.8, 4) is 11.4 Å². The Hall–Kier alpha value is -2.36. The minimum Gasteiger partial charge on any atom is -0.508 e. The summed E-state index contributed by atoms with van der Waals surface area (Å²) in [5.41, 5.74) is 3.53. The van der Waals surface area contributed by atoms with Crippen molar-refractivity contribution in [1.29, 1.82) is 0 Å². The Morgan fingerprint density at radius 3 is 2.24 bits per heavy atom. The molecule has 1 heterocycles. The highest BCUT2D eigenvalue weighted by Crippen LogP contribution is 2.19. The molecule has 1 N–H and O–H groups in total. The zero-order valence-electron chi connectivity index (χ0n) is 9.33. The summed E-state index contributed by atoms with van der Waals surface area (Å²) in [4.78, 5) is 1.60. The van der Waals surface area contributed by atoms with Gasteiger partial charge in [-0.05, 0) is 42.8 Å². The number of aromatic hydroxyl groups is 1. The summed E-state index contributed by atoms with van der Waals surface area (Å²) in [6.45, 7) is 1.92. The molecule has 0 aliphatic heterocycles. The van der Waals surface area contributed by atoms with Crippen molar-refractivity contribution < 1.29 is 5.11 Å². The van der Waals surface area contributed by atoms with Gasteiger partial charge in [0.1, 0.15) is 16.8 Å². The van der Waals surface area contributed by atoms with E-state index < -0.39 is 0 Å². The molecule has 2 aromatic carbocycles. The maximum Gasteiger partial charge on any atom is 0.115 e. The third-order valence-corrected chi connectivity index (χ3v) is 2.68. The van der Waals surface area contributed by atoms with Gasteiger partial charge >= 0.3 is 0 Å². The quantitative estimate of drug-likeness (QED) is 0.692. The lowest BCUT2D eigenvalue weighted by Gasteiger charge is -2.03. The molecule has 0 amide bonds. The summed E-state index contributed by atoms with van der Waals surface area (Å²) >= 11 is 0. The number of aromatic nitrogens is 3. The van der Waals surface area contributed by atoms with Crippen LogP contribution in [0.4, 0.5) is 0 Å². The van der Waals surface area contributed by atoms with E-state index in [1.165, 1.54) is 0 Å². The van der Waals surface area contributed by atoms with Gasteiger partial charge < -0.3 is 5.11 Å². The topological polar surface area (TPSA) is 50.9 Å². The van der Waals surface area contributed by atoms with E-state index in [1.54, 1.807) is 16.9 Å². The normalized spacial score (nSPS) is 10.9. The smallest absolute Gasteiger partial charge is 0.115 e. The molecule has 17 heavy (non-hydrogen) atoms. The fraction of sp³-hybridized carbons (Fsp3) is 0.0769. The molecule has 0 atom stereocenters. The third kappa shape index (κ3) is 1.63.